The highest BCUT2D eigenvalue weighted by Gasteiger charge is 2.21. The lowest BCUT2D eigenvalue weighted by atomic mass is 10.2. The van der Waals surface area contributed by atoms with Gasteiger partial charge < -0.3 is 15.0 Å². The van der Waals surface area contributed by atoms with Crippen molar-refractivity contribution in [3.05, 3.63) is 6.33 Å². The highest BCUT2D eigenvalue weighted by molar-refractivity contribution is 5.82. The number of imidazole rings is 1. The van der Waals surface area contributed by atoms with Gasteiger partial charge in [-0.15, -0.1) is 0 Å². The number of anilines is 1. The number of rotatable bonds is 2. The van der Waals surface area contributed by atoms with E-state index < -0.39 is 0 Å². The summed E-state index contributed by atoms with van der Waals surface area (Å²) in [7, 11) is 1.54. The summed E-state index contributed by atoms with van der Waals surface area (Å²) in [5, 5.41) is 0. The molecule has 90 valence electrons. The van der Waals surface area contributed by atoms with Gasteiger partial charge in [0.15, 0.2) is 17.0 Å². The van der Waals surface area contributed by atoms with E-state index in [-0.39, 0.29) is 0 Å². The van der Waals surface area contributed by atoms with E-state index in [4.69, 9.17) is 10.5 Å². The van der Waals surface area contributed by atoms with Crippen molar-refractivity contribution in [2.75, 3.05) is 12.8 Å². The van der Waals surface area contributed by atoms with Crippen molar-refractivity contribution in [3.8, 4) is 6.01 Å². The van der Waals surface area contributed by atoms with E-state index in [1.165, 1.54) is 32.8 Å². The van der Waals surface area contributed by atoms with Crippen LogP contribution in [0.5, 0.6) is 6.01 Å². The van der Waals surface area contributed by atoms with Crippen molar-refractivity contribution in [3.63, 3.8) is 0 Å². The summed E-state index contributed by atoms with van der Waals surface area (Å²) in [4.78, 5) is 12.7. The van der Waals surface area contributed by atoms with Crippen molar-refractivity contribution in [2.24, 2.45) is 0 Å². The standard InChI is InChI=1S/C11H15N5O/c1-17-11-14-9(12)8-10(15-11)16(6-13-8)7-4-2-3-5-7/h6-7H,2-5H2,1H3,(H2,12,14,15). The fourth-order valence-electron chi connectivity index (χ4n) is 2.46. The Hall–Kier alpha value is -1.85. The van der Waals surface area contributed by atoms with Crippen LogP contribution in [0, 0.1) is 0 Å². The smallest absolute Gasteiger partial charge is 0.320 e. The molecular formula is C11H15N5O. The molecule has 17 heavy (non-hydrogen) atoms. The molecule has 0 atom stereocenters. The highest BCUT2D eigenvalue weighted by Crippen LogP contribution is 2.32. The molecule has 0 aliphatic heterocycles. The van der Waals surface area contributed by atoms with Crippen LogP contribution >= 0.6 is 0 Å². The maximum Gasteiger partial charge on any atom is 0.320 e. The van der Waals surface area contributed by atoms with Crippen molar-refractivity contribution < 1.29 is 4.74 Å². The molecule has 0 bridgehead atoms. The molecule has 1 aliphatic carbocycles. The van der Waals surface area contributed by atoms with Crippen LogP contribution in [0.1, 0.15) is 31.7 Å². The number of nitrogens with zero attached hydrogens (tertiary/aromatic N) is 4. The second kappa shape index (κ2) is 3.87. The molecule has 0 unspecified atom stereocenters. The van der Waals surface area contributed by atoms with E-state index in [2.05, 4.69) is 19.5 Å². The summed E-state index contributed by atoms with van der Waals surface area (Å²) >= 11 is 0. The number of fused-ring (bicyclic) bond motifs is 1. The first-order chi connectivity index (χ1) is 8.29. The van der Waals surface area contributed by atoms with Gasteiger partial charge in [0.05, 0.1) is 13.4 Å². The van der Waals surface area contributed by atoms with E-state index in [1.54, 1.807) is 0 Å². The van der Waals surface area contributed by atoms with Crippen molar-refractivity contribution in [1.29, 1.82) is 0 Å². The van der Waals surface area contributed by atoms with Crippen LogP contribution < -0.4 is 10.5 Å². The van der Waals surface area contributed by atoms with Crippen LogP contribution in [0.4, 0.5) is 5.82 Å². The fourth-order valence-corrected chi connectivity index (χ4v) is 2.46. The molecule has 1 saturated carbocycles. The van der Waals surface area contributed by atoms with E-state index in [0.717, 1.165) is 5.65 Å². The van der Waals surface area contributed by atoms with E-state index in [1.807, 2.05) is 6.33 Å². The SMILES string of the molecule is COc1nc(N)c2ncn(C3CCCC3)c2n1. The summed E-state index contributed by atoms with van der Waals surface area (Å²) < 4.78 is 7.15. The Kier molecular flexibility index (Phi) is 2.35. The predicted octanol–water partition coefficient (Wildman–Crippen LogP) is 1.53. The third kappa shape index (κ3) is 1.60. The van der Waals surface area contributed by atoms with Gasteiger partial charge in [0.25, 0.3) is 0 Å². The Labute approximate surface area is 98.8 Å². The summed E-state index contributed by atoms with van der Waals surface area (Å²) in [6.07, 6.45) is 6.70. The second-order valence-electron chi connectivity index (χ2n) is 4.36. The first-order valence-corrected chi connectivity index (χ1v) is 5.83. The Bertz CT molecular complexity index is 544. The van der Waals surface area contributed by atoms with Gasteiger partial charge in [-0.25, -0.2) is 4.98 Å². The zero-order valence-electron chi connectivity index (χ0n) is 9.76. The van der Waals surface area contributed by atoms with Gasteiger partial charge in [-0.05, 0) is 12.8 Å². The van der Waals surface area contributed by atoms with Gasteiger partial charge in [-0.1, -0.05) is 12.8 Å². The predicted molar refractivity (Wildman–Crippen MR) is 63.8 cm³/mol. The van der Waals surface area contributed by atoms with Crippen molar-refractivity contribution in [2.45, 2.75) is 31.7 Å². The van der Waals surface area contributed by atoms with E-state index in [9.17, 15) is 0 Å². The topological polar surface area (TPSA) is 78.9 Å². The van der Waals surface area contributed by atoms with Crippen LogP contribution in [0.2, 0.25) is 0 Å². The highest BCUT2D eigenvalue weighted by atomic mass is 16.5. The number of hydrogen-bond acceptors (Lipinski definition) is 5. The van der Waals surface area contributed by atoms with Crippen molar-refractivity contribution >= 4 is 17.0 Å². The maximum absolute atomic E-state index is 5.84. The number of nitrogens with two attached hydrogens (primary N) is 1. The molecule has 0 amide bonds. The van der Waals surface area contributed by atoms with Crippen LogP contribution in [-0.2, 0) is 0 Å². The molecule has 6 heteroatoms. The van der Waals surface area contributed by atoms with Gasteiger partial charge in [0.2, 0.25) is 0 Å². The minimum Gasteiger partial charge on any atom is -0.467 e. The third-order valence-electron chi connectivity index (χ3n) is 3.33. The van der Waals surface area contributed by atoms with Crippen LogP contribution in [0.25, 0.3) is 11.2 Å². The van der Waals surface area contributed by atoms with Crippen LogP contribution in [0.15, 0.2) is 6.33 Å². The number of aromatic nitrogens is 4. The van der Waals surface area contributed by atoms with Gasteiger partial charge in [0.1, 0.15) is 0 Å². The van der Waals surface area contributed by atoms with Gasteiger partial charge in [-0.2, -0.15) is 9.97 Å². The number of ether oxygens (including phenoxy) is 1. The number of methoxy groups -OCH3 is 1. The maximum atomic E-state index is 5.84. The molecule has 2 aromatic heterocycles. The Morgan fingerprint density at radius 2 is 2.12 bits per heavy atom. The fraction of sp³-hybridized carbons (Fsp3) is 0.545. The molecule has 2 heterocycles. The molecule has 0 saturated heterocycles. The van der Waals surface area contributed by atoms with E-state index in [0.29, 0.717) is 23.4 Å². The molecule has 0 spiro atoms. The quantitative estimate of drug-likeness (QED) is 0.851. The molecule has 2 aromatic rings. The molecule has 3 rings (SSSR count). The first-order valence-electron chi connectivity index (χ1n) is 5.83. The lowest BCUT2D eigenvalue weighted by molar-refractivity contribution is 0.381. The monoisotopic (exact) mass is 233 g/mol. The van der Waals surface area contributed by atoms with Crippen LogP contribution in [0.3, 0.4) is 0 Å². The van der Waals surface area contributed by atoms with Gasteiger partial charge >= 0.3 is 6.01 Å². The summed E-state index contributed by atoms with van der Waals surface area (Å²) in [6, 6.07) is 0.786. The van der Waals surface area contributed by atoms with Crippen molar-refractivity contribution in [1.82, 2.24) is 19.5 Å². The second-order valence-corrected chi connectivity index (χ2v) is 4.36. The summed E-state index contributed by atoms with van der Waals surface area (Å²) in [6.45, 7) is 0. The lowest BCUT2D eigenvalue weighted by Crippen LogP contribution is -2.05. The van der Waals surface area contributed by atoms with Gasteiger partial charge in [-0.3, -0.25) is 0 Å². The van der Waals surface area contributed by atoms with Crippen LogP contribution in [-0.4, -0.2) is 26.6 Å². The molecule has 2 N–H and O–H groups in total. The Morgan fingerprint density at radius 1 is 1.35 bits per heavy atom. The number of hydrogen-bond donors (Lipinski definition) is 1. The summed E-state index contributed by atoms with van der Waals surface area (Å²) in [5.41, 5.74) is 7.28. The minimum atomic E-state index is 0.301. The Morgan fingerprint density at radius 3 is 2.82 bits per heavy atom. The minimum absolute atomic E-state index is 0.301. The molecular weight excluding hydrogens is 218 g/mol. The Balaban J connectivity index is 2.15. The molecule has 1 aliphatic rings. The molecule has 0 radical (unpaired) electrons. The number of nitrogen functional groups attached to an aromatic ring is 1. The third-order valence-corrected chi connectivity index (χ3v) is 3.33. The zero-order chi connectivity index (χ0) is 11.8. The average molecular weight is 233 g/mol. The zero-order valence-corrected chi connectivity index (χ0v) is 9.76. The normalized spacial score (nSPS) is 16.8. The van der Waals surface area contributed by atoms with Gasteiger partial charge in [0, 0.05) is 6.04 Å². The van der Waals surface area contributed by atoms with E-state index >= 15 is 0 Å². The largest absolute Gasteiger partial charge is 0.467 e. The molecule has 0 aromatic carbocycles. The lowest BCUT2D eigenvalue weighted by Gasteiger charge is -2.11. The average Bonchev–Trinajstić information content (AvgIpc) is 2.96. The summed E-state index contributed by atoms with van der Waals surface area (Å²) in [5.74, 6) is 0.378. The first kappa shape index (κ1) is 10.3. The molecule has 1 fully saturated rings. The molecule has 6 nitrogen and oxygen atoms in total.